The Bertz CT molecular complexity index is 926. The first-order valence-electron chi connectivity index (χ1n) is 8.16. The van der Waals surface area contributed by atoms with E-state index in [4.69, 9.17) is 4.84 Å². The highest BCUT2D eigenvalue weighted by molar-refractivity contribution is 5.94. The van der Waals surface area contributed by atoms with Crippen LogP contribution in [0, 0.1) is 0 Å². The lowest BCUT2D eigenvalue weighted by Gasteiger charge is -2.07. The number of anilines is 1. The predicted molar refractivity (Wildman–Crippen MR) is 99.4 cm³/mol. The van der Waals surface area contributed by atoms with Gasteiger partial charge in [-0.3, -0.25) is 9.78 Å². The summed E-state index contributed by atoms with van der Waals surface area (Å²) in [7, 11) is 0. The van der Waals surface area contributed by atoms with Gasteiger partial charge < -0.3 is 4.84 Å². The normalized spacial score (nSPS) is 10.5. The Morgan fingerprint density at radius 3 is 2.44 bits per heavy atom. The number of hydrogen-bond acceptors (Lipinski definition) is 6. The molecule has 1 amide bonds. The van der Waals surface area contributed by atoms with Gasteiger partial charge in [0.25, 0.3) is 5.91 Å². The molecule has 0 spiro atoms. The van der Waals surface area contributed by atoms with E-state index >= 15 is 0 Å². The highest BCUT2D eigenvalue weighted by Gasteiger charge is 2.05. The number of amides is 1. The fourth-order valence-corrected chi connectivity index (χ4v) is 2.16. The molecule has 0 fully saturated rings. The zero-order valence-corrected chi connectivity index (χ0v) is 14.3. The third-order valence-corrected chi connectivity index (χ3v) is 3.51. The second-order valence-corrected chi connectivity index (χ2v) is 5.53. The SMILES string of the molecule is O=C(Cc1ccccc1)ONc1ccc(N=NC(=O)c2cccnc2)cc1. The lowest BCUT2D eigenvalue weighted by molar-refractivity contribution is -0.139. The van der Waals surface area contributed by atoms with Gasteiger partial charge in [-0.2, -0.15) is 0 Å². The maximum Gasteiger partial charge on any atom is 0.336 e. The predicted octanol–water partition coefficient (Wildman–Crippen LogP) is 4.12. The van der Waals surface area contributed by atoms with Crippen molar-refractivity contribution in [3.63, 3.8) is 0 Å². The topological polar surface area (TPSA) is 93.0 Å². The molecule has 134 valence electrons. The van der Waals surface area contributed by atoms with E-state index in [1.807, 2.05) is 30.3 Å². The van der Waals surface area contributed by atoms with Crippen LogP contribution in [0.2, 0.25) is 0 Å². The Kier molecular flexibility index (Phi) is 5.98. The zero-order chi connectivity index (χ0) is 18.9. The summed E-state index contributed by atoms with van der Waals surface area (Å²) in [4.78, 5) is 32.5. The monoisotopic (exact) mass is 360 g/mol. The standard InChI is InChI=1S/C20H16N4O3/c25-19(13-15-5-2-1-3-6-15)27-24-18-10-8-17(9-11-18)22-23-20(26)16-7-4-12-21-14-16/h1-12,14,24H,13H2. The Morgan fingerprint density at radius 2 is 1.74 bits per heavy atom. The molecule has 7 nitrogen and oxygen atoms in total. The zero-order valence-electron chi connectivity index (χ0n) is 14.3. The van der Waals surface area contributed by atoms with Gasteiger partial charge in [0.2, 0.25) is 0 Å². The van der Waals surface area contributed by atoms with E-state index < -0.39 is 11.9 Å². The van der Waals surface area contributed by atoms with Crippen molar-refractivity contribution in [2.75, 3.05) is 5.48 Å². The molecule has 27 heavy (non-hydrogen) atoms. The van der Waals surface area contributed by atoms with Crippen LogP contribution in [0.4, 0.5) is 11.4 Å². The molecule has 0 saturated carbocycles. The Balaban J connectivity index is 1.50. The fraction of sp³-hybridized carbons (Fsp3) is 0.0500. The largest absolute Gasteiger partial charge is 0.343 e. The average molecular weight is 360 g/mol. The van der Waals surface area contributed by atoms with Gasteiger partial charge in [0.15, 0.2) is 0 Å². The molecule has 0 aliphatic carbocycles. The van der Waals surface area contributed by atoms with Crippen LogP contribution in [0.3, 0.4) is 0 Å². The van der Waals surface area contributed by atoms with Crippen LogP contribution in [0.15, 0.2) is 89.4 Å². The van der Waals surface area contributed by atoms with Crippen LogP contribution in [-0.2, 0) is 16.1 Å². The highest BCUT2D eigenvalue weighted by atomic mass is 16.7. The van der Waals surface area contributed by atoms with Crippen LogP contribution in [0.25, 0.3) is 0 Å². The lowest BCUT2D eigenvalue weighted by atomic mass is 10.2. The fourth-order valence-electron chi connectivity index (χ4n) is 2.16. The third-order valence-electron chi connectivity index (χ3n) is 3.51. The van der Waals surface area contributed by atoms with E-state index in [1.54, 1.807) is 42.6 Å². The van der Waals surface area contributed by atoms with Crippen molar-refractivity contribution in [3.05, 3.63) is 90.3 Å². The first-order chi connectivity index (χ1) is 13.2. The summed E-state index contributed by atoms with van der Waals surface area (Å²) in [5.74, 6) is -0.868. The van der Waals surface area contributed by atoms with Gasteiger partial charge in [0.05, 0.1) is 23.4 Å². The molecule has 1 heterocycles. The van der Waals surface area contributed by atoms with Crippen molar-refractivity contribution in [1.29, 1.82) is 0 Å². The molecule has 0 atom stereocenters. The Labute approximate surface area is 155 Å². The minimum atomic E-state index is -0.472. The van der Waals surface area contributed by atoms with E-state index in [0.717, 1.165) is 5.56 Å². The number of hydrogen-bond donors (Lipinski definition) is 1. The number of nitrogens with zero attached hydrogens (tertiary/aromatic N) is 3. The Hall–Kier alpha value is -3.87. The lowest BCUT2D eigenvalue weighted by Crippen LogP contribution is -2.12. The van der Waals surface area contributed by atoms with Crippen molar-refractivity contribution < 1.29 is 14.4 Å². The smallest absolute Gasteiger partial charge is 0.336 e. The molecule has 1 N–H and O–H groups in total. The minimum Gasteiger partial charge on any atom is -0.343 e. The number of azo groups is 1. The molecule has 0 saturated heterocycles. The van der Waals surface area contributed by atoms with Gasteiger partial charge >= 0.3 is 5.97 Å². The molecule has 1 aromatic heterocycles. The van der Waals surface area contributed by atoms with Gasteiger partial charge in [0, 0.05) is 12.4 Å². The number of carbonyl (C=O) groups is 2. The number of pyridine rings is 1. The molecular formula is C20H16N4O3. The molecule has 0 radical (unpaired) electrons. The number of nitrogens with one attached hydrogen (secondary N) is 1. The van der Waals surface area contributed by atoms with Crippen LogP contribution in [-0.4, -0.2) is 16.9 Å². The van der Waals surface area contributed by atoms with E-state index in [9.17, 15) is 9.59 Å². The van der Waals surface area contributed by atoms with Crippen LogP contribution >= 0.6 is 0 Å². The van der Waals surface area contributed by atoms with Crippen molar-refractivity contribution >= 4 is 23.3 Å². The summed E-state index contributed by atoms with van der Waals surface area (Å²) in [6.07, 6.45) is 3.18. The van der Waals surface area contributed by atoms with Crippen molar-refractivity contribution in [1.82, 2.24) is 4.98 Å². The highest BCUT2D eigenvalue weighted by Crippen LogP contribution is 2.17. The molecular weight excluding hydrogens is 344 g/mol. The van der Waals surface area contributed by atoms with Gasteiger partial charge in [-0.05, 0) is 42.0 Å². The van der Waals surface area contributed by atoms with Gasteiger partial charge in [-0.1, -0.05) is 30.3 Å². The molecule has 0 aliphatic heterocycles. The summed E-state index contributed by atoms with van der Waals surface area (Å²) in [5, 5.41) is 7.54. The quantitative estimate of drug-likeness (QED) is 0.527. The van der Waals surface area contributed by atoms with Gasteiger partial charge in [-0.15, -0.1) is 10.2 Å². The maximum absolute atomic E-state index is 11.8. The first-order valence-corrected chi connectivity index (χ1v) is 8.16. The molecule has 3 rings (SSSR count). The summed E-state index contributed by atoms with van der Waals surface area (Å²) < 4.78 is 0. The molecule has 0 bridgehead atoms. The van der Waals surface area contributed by atoms with Crippen molar-refractivity contribution in [3.8, 4) is 0 Å². The first kappa shape index (κ1) is 17.9. The molecule has 7 heteroatoms. The number of benzene rings is 2. The number of rotatable bonds is 6. The molecule has 0 aliphatic rings. The average Bonchev–Trinajstić information content (AvgIpc) is 2.72. The van der Waals surface area contributed by atoms with E-state index in [2.05, 4.69) is 20.7 Å². The summed E-state index contributed by atoms with van der Waals surface area (Å²) in [6.45, 7) is 0. The van der Waals surface area contributed by atoms with E-state index in [1.165, 1.54) is 6.20 Å². The van der Waals surface area contributed by atoms with Gasteiger partial charge in [0.1, 0.15) is 0 Å². The maximum atomic E-state index is 11.8. The minimum absolute atomic E-state index is 0.177. The van der Waals surface area contributed by atoms with Crippen molar-refractivity contribution in [2.45, 2.75) is 6.42 Å². The second-order valence-electron chi connectivity index (χ2n) is 5.53. The van der Waals surface area contributed by atoms with Crippen molar-refractivity contribution in [2.24, 2.45) is 10.2 Å². The van der Waals surface area contributed by atoms with Crippen LogP contribution < -0.4 is 5.48 Å². The van der Waals surface area contributed by atoms with Gasteiger partial charge in [-0.25, -0.2) is 10.3 Å². The summed E-state index contributed by atoms with van der Waals surface area (Å²) in [5.41, 5.74) is 4.90. The Morgan fingerprint density at radius 1 is 0.963 bits per heavy atom. The summed E-state index contributed by atoms with van der Waals surface area (Å²) >= 11 is 0. The van der Waals surface area contributed by atoms with Crippen LogP contribution in [0.5, 0.6) is 0 Å². The second kappa shape index (κ2) is 9.00. The number of aromatic nitrogens is 1. The number of carbonyl (C=O) groups excluding carboxylic acids is 2. The van der Waals surface area contributed by atoms with E-state index in [-0.39, 0.29) is 6.42 Å². The molecule has 0 unspecified atom stereocenters. The third kappa shape index (κ3) is 5.57. The molecule has 3 aromatic rings. The van der Waals surface area contributed by atoms with E-state index in [0.29, 0.717) is 16.9 Å². The summed E-state index contributed by atoms with van der Waals surface area (Å²) in [6, 6.07) is 19.2. The molecule has 2 aromatic carbocycles. The van der Waals surface area contributed by atoms with Crippen LogP contribution in [0.1, 0.15) is 15.9 Å².